The van der Waals surface area contributed by atoms with Gasteiger partial charge in [0.25, 0.3) is 11.8 Å². The van der Waals surface area contributed by atoms with Crippen LogP contribution in [0.5, 0.6) is 11.5 Å². The van der Waals surface area contributed by atoms with E-state index >= 15 is 26.3 Å². The molecule has 7 N–H and O–H groups in total. The van der Waals surface area contributed by atoms with Gasteiger partial charge in [-0.15, -0.1) is 0 Å². The molecule has 0 bridgehead atoms. The van der Waals surface area contributed by atoms with Crippen molar-refractivity contribution in [2.24, 2.45) is 0 Å². The maximum Gasteiger partial charge on any atom is 0.280 e. The molecule has 5 aliphatic rings. The van der Waals surface area contributed by atoms with Gasteiger partial charge in [0.1, 0.15) is 29.7 Å². The van der Waals surface area contributed by atoms with Crippen LogP contribution in [0.2, 0.25) is 0 Å². The summed E-state index contributed by atoms with van der Waals surface area (Å²) in [7, 11) is 3.77. The molecule has 0 amide bonds. The van der Waals surface area contributed by atoms with E-state index in [-0.39, 0.29) is 71.1 Å². The van der Waals surface area contributed by atoms with Crippen molar-refractivity contribution < 1.29 is 35.8 Å². The number of allylic oxidation sites excluding steroid dienone is 2. The van der Waals surface area contributed by atoms with Crippen molar-refractivity contribution in [1.82, 2.24) is 36.1 Å². The van der Waals surface area contributed by atoms with Crippen LogP contribution in [0.25, 0.3) is 11.1 Å². The van der Waals surface area contributed by atoms with E-state index in [1.807, 2.05) is 27.1 Å². The fraction of sp³-hybridized carbons (Fsp3) is 0.535. The Balaban J connectivity index is 1.07. The molecule has 330 valence electrons. The first kappa shape index (κ1) is 43.0. The monoisotopic (exact) mass is 856 g/mol. The summed E-state index contributed by atoms with van der Waals surface area (Å²) < 4.78 is 109. The number of aromatic nitrogens is 2. The second-order valence-corrected chi connectivity index (χ2v) is 16.7. The molecule has 5 aliphatic heterocycles. The maximum absolute atomic E-state index is 16.9. The van der Waals surface area contributed by atoms with Crippen molar-refractivity contribution in [3.63, 3.8) is 0 Å². The minimum atomic E-state index is -3.40. The Labute approximate surface area is 351 Å². The highest BCUT2D eigenvalue weighted by atomic mass is 19.3. The molecule has 0 saturated carbocycles. The molecule has 0 spiro atoms. The average Bonchev–Trinajstić information content (AvgIpc) is 3.60. The molecule has 1 saturated heterocycles. The zero-order valence-electron chi connectivity index (χ0n) is 34.8. The molecule has 0 aliphatic carbocycles. The molecule has 12 nitrogen and oxygen atoms in total. The molecule has 61 heavy (non-hydrogen) atoms. The Bertz CT molecular complexity index is 2190. The third kappa shape index (κ3) is 9.28. The van der Waals surface area contributed by atoms with E-state index in [9.17, 15) is 0 Å². The van der Waals surface area contributed by atoms with Gasteiger partial charge in [-0.05, 0) is 96.4 Å². The van der Waals surface area contributed by atoms with Crippen LogP contribution in [0.4, 0.5) is 49.5 Å². The number of benzene rings is 2. The van der Waals surface area contributed by atoms with Gasteiger partial charge < -0.3 is 41.0 Å². The number of likely N-dealkylation sites (N-methyl/N-ethyl adjacent to an activating group) is 1. The van der Waals surface area contributed by atoms with Crippen LogP contribution in [0.1, 0.15) is 79.8 Å². The summed E-state index contributed by atoms with van der Waals surface area (Å²) in [6, 6.07) is 3.83. The Morgan fingerprint density at radius 2 is 1.66 bits per heavy atom. The first-order valence-corrected chi connectivity index (χ1v) is 21.1. The van der Waals surface area contributed by atoms with Crippen molar-refractivity contribution in [1.29, 1.82) is 0 Å². The molecule has 0 radical (unpaired) electrons. The van der Waals surface area contributed by atoms with Gasteiger partial charge in [-0.2, -0.15) is 4.98 Å². The van der Waals surface area contributed by atoms with E-state index in [1.54, 1.807) is 19.1 Å². The summed E-state index contributed by atoms with van der Waals surface area (Å²) in [5, 5.41) is 22.0. The van der Waals surface area contributed by atoms with E-state index in [1.165, 1.54) is 0 Å². The number of halogens is 6. The molecule has 4 unspecified atom stereocenters. The van der Waals surface area contributed by atoms with Gasteiger partial charge in [0, 0.05) is 30.9 Å². The summed E-state index contributed by atoms with van der Waals surface area (Å²) in [6.07, 6.45) is 3.68. The Kier molecular flexibility index (Phi) is 12.4. The predicted molar refractivity (Wildman–Crippen MR) is 224 cm³/mol. The summed E-state index contributed by atoms with van der Waals surface area (Å²) in [6.45, 7) is 5.68. The number of nitrogens with zero attached hydrogens (tertiary/aromatic N) is 3. The second kappa shape index (κ2) is 17.6. The minimum Gasteiger partial charge on any atom is -0.492 e. The highest BCUT2D eigenvalue weighted by Gasteiger charge is 2.46. The maximum atomic E-state index is 16.9. The zero-order valence-corrected chi connectivity index (χ0v) is 34.8. The number of hydrogen-bond donors (Lipinski definition) is 7. The summed E-state index contributed by atoms with van der Waals surface area (Å²) >= 11 is 0. The van der Waals surface area contributed by atoms with Gasteiger partial charge in [0.15, 0.2) is 11.6 Å². The smallest absolute Gasteiger partial charge is 0.280 e. The van der Waals surface area contributed by atoms with Crippen molar-refractivity contribution in [3.8, 4) is 11.5 Å². The Morgan fingerprint density at radius 3 is 2.48 bits per heavy atom. The van der Waals surface area contributed by atoms with Crippen molar-refractivity contribution in [2.45, 2.75) is 95.2 Å². The van der Waals surface area contributed by atoms with Crippen LogP contribution < -0.4 is 46.7 Å². The predicted octanol–water partition coefficient (Wildman–Crippen LogP) is 7.12. The molecule has 6 heterocycles. The third-order valence-electron chi connectivity index (χ3n) is 11.9. The Hall–Kier alpha value is -4.62. The van der Waals surface area contributed by atoms with E-state index in [4.69, 9.17) is 9.47 Å². The molecular weight excluding hydrogens is 803 g/mol. The number of ether oxygens (including phenoxy) is 2. The van der Waals surface area contributed by atoms with Crippen LogP contribution >= 0.6 is 0 Å². The third-order valence-corrected chi connectivity index (χ3v) is 11.9. The zero-order chi connectivity index (χ0) is 43.1. The van der Waals surface area contributed by atoms with Gasteiger partial charge >= 0.3 is 0 Å². The number of anilines is 4. The largest absolute Gasteiger partial charge is 0.492 e. The van der Waals surface area contributed by atoms with Crippen molar-refractivity contribution >= 4 is 34.3 Å². The van der Waals surface area contributed by atoms with E-state index < -0.39 is 59.8 Å². The van der Waals surface area contributed by atoms with E-state index in [2.05, 4.69) is 52.1 Å². The number of alkyl halides is 4. The lowest BCUT2D eigenvalue weighted by atomic mass is 9.90. The SMILES string of the molecule is CNC1CC(C)NC(Nc2cc3c(c(C4=CCN(C)CCC4)c2F)OC(CNc2cc(C)nc(Nc4cc5c(c(C6=CCNCCC6)c4F)OCCC5(F)F)n2)CC3(F)F)N1. The van der Waals surface area contributed by atoms with E-state index in [0.717, 1.165) is 25.1 Å². The van der Waals surface area contributed by atoms with Crippen LogP contribution in [-0.2, 0) is 11.8 Å². The lowest BCUT2D eigenvalue weighted by molar-refractivity contribution is -0.0619. The molecule has 2 aromatic carbocycles. The van der Waals surface area contributed by atoms with Crippen LogP contribution in [0, 0.1) is 18.6 Å². The molecule has 1 fully saturated rings. The minimum absolute atomic E-state index is 0.0105. The summed E-state index contributed by atoms with van der Waals surface area (Å²) in [4.78, 5) is 10.9. The first-order valence-electron chi connectivity index (χ1n) is 21.1. The number of nitrogens with one attached hydrogen (secondary N) is 7. The Morgan fingerprint density at radius 1 is 0.918 bits per heavy atom. The summed E-state index contributed by atoms with van der Waals surface area (Å²) in [5.41, 5.74) is 0.414. The molecule has 18 heteroatoms. The molecule has 8 rings (SSSR count). The molecule has 1 aromatic heterocycles. The van der Waals surface area contributed by atoms with Gasteiger partial charge in [0.2, 0.25) is 5.95 Å². The quantitative estimate of drug-likeness (QED) is 0.105. The fourth-order valence-corrected chi connectivity index (χ4v) is 8.78. The van der Waals surface area contributed by atoms with Crippen LogP contribution in [0.15, 0.2) is 30.4 Å². The van der Waals surface area contributed by atoms with E-state index in [0.29, 0.717) is 62.2 Å². The average molecular weight is 857 g/mol. The number of fused-ring (bicyclic) bond motifs is 2. The number of aryl methyl sites for hydroxylation is 1. The lowest BCUT2D eigenvalue weighted by Crippen LogP contribution is -2.63. The summed E-state index contributed by atoms with van der Waals surface area (Å²) in [5.74, 6) is -8.40. The van der Waals surface area contributed by atoms with Crippen LogP contribution in [0.3, 0.4) is 0 Å². The number of rotatable bonds is 10. The number of hydrogen-bond acceptors (Lipinski definition) is 12. The normalized spacial score (nSPS) is 25.0. The van der Waals surface area contributed by atoms with Gasteiger partial charge in [-0.3, -0.25) is 10.6 Å². The second-order valence-electron chi connectivity index (χ2n) is 16.7. The molecule has 4 atom stereocenters. The van der Waals surface area contributed by atoms with Gasteiger partial charge in [-0.1, -0.05) is 12.2 Å². The standard InChI is InChI=1S/C43H54F6N10O2/c1-23-17-32(50-3)57-40(53-23)55-31-20-29-39(35(37(31)45)26-8-6-14-59(4)15-10-26)61-27(21-43(29,48)49)22-52-33-18-24(2)54-41(58-33)56-30-19-28-38(60-16-11-42(28,46)47)34(36(30)44)25-7-5-12-51-13-9-25/h9-10,18-20,23,27,32,40,50-51,53,55,57H,5-8,11-17,21-22H2,1-4H3,(H2,52,54,56,58). The fourth-order valence-electron chi connectivity index (χ4n) is 8.78. The topological polar surface area (TPSA) is 132 Å². The van der Waals surface area contributed by atoms with Crippen LogP contribution in [-0.4, -0.2) is 92.9 Å². The highest BCUT2D eigenvalue weighted by Crippen LogP contribution is 2.51. The highest BCUT2D eigenvalue weighted by molar-refractivity contribution is 5.79. The van der Waals surface area contributed by atoms with Gasteiger partial charge in [-0.25, -0.2) is 31.3 Å². The lowest BCUT2D eigenvalue weighted by Gasteiger charge is -2.38. The molecule has 3 aromatic rings. The van der Waals surface area contributed by atoms with Gasteiger partial charge in [0.05, 0.1) is 65.8 Å². The first-order chi connectivity index (χ1) is 29.2. The molecular formula is C43H54F6N10O2. The van der Waals surface area contributed by atoms with Crippen molar-refractivity contribution in [3.05, 3.63) is 69.9 Å². The van der Waals surface area contributed by atoms with Crippen molar-refractivity contribution in [2.75, 3.05) is 69.4 Å².